The van der Waals surface area contributed by atoms with Crippen molar-refractivity contribution in [1.29, 1.82) is 0 Å². The van der Waals surface area contributed by atoms with Crippen molar-refractivity contribution in [2.75, 3.05) is 13.1 Å². The highest BCUT2D eigenvalue weighted by molar-refractivity contribution is 5.35. The second kappa shape index (κ2) is 6.39. The maximum atomic E-state index is 9.82. The Morgan fingerprint density at radius 1 is 1.29 bits per heavy atom. The number of hydrogen-bond donors (Lipinski definition) is 1. The second-order valence-electron chi connectivity index (χ2n) is 7.11. The predicted octanol–water partition coefficient (Wildman–Crippen LogP) is 4.47. The minimum absolute atomic E-state index is 0.312. The molecule has 0 amide bonds. The van der Waals surface area contributed by atoms with E-state index < -0.39 is 0 Å². The Morgan fingerprint density at radius 2 is 2.19 bits per heavy atom. The Morgan fingerprint density at radius 3 is 3.00 bits per heavy atom. The number of phenols is 1. The highest BCUT2D eigenvalue weighted by Gasteiger charge is 2.47. The Labute approximate surface area is 129 Å². The van der Waals surface area contributed by atoms with Gasteiger partial charge >= 0.3 is 0 Å². The fourth-order valence-corrected chi connectivity index (χ4v) is 4.50. The number of fused-ring (bicyclic) bond motifs is 2. The van der Waals surface area contributed by atoms with Gasteiger partial charge in [0.05, 0.1) is 0 Å². The van der Waals surface area contributed by atoms with Crippen LogP contribution in [0.4, 0.5) is 0 Å². The van der Waals surface area contributed by atoms with Crippen molar-refractivity contribution in [3.05, 3.63) is 29.8 Å². The minimum atomic E-state index is 0.312. The van der Waals surface area contributed by atoms with Crippen molar-refractivity contribution in [2.45, 2.75) is 69.7 Å². The summed E-state index contributed by atoms with van der Waals surface area (Å²) in [5, 5.41) is 9.82. The van der Waals surface area contributed by atoms with Gasteiger partial charge in [-0.1, -0.05) is 44.7 Å². The van der Waals surface area contributed by atoms with Crippen LogP contribution in [0, 0.1) is 0 Å². The maximum absolute atomic E-state index is 9.82. The predicted molar refractivity (Wildman–Crippen MR) is 87.8 cm³/mol. The smallest absolute Gasteiger partial charge is 0.115 e. The van der Waals surface area contributed by atoms with Crippen LogP contribution in [0.5, 0.6) is 5.75 Å². The molecule has 0 spiro atoms. The molecule has 2 fully saturated rings. The van der Waals surface area contributed by atoms with Crippen molar-refractivity contribution in [3.8, 4) is 5.75 Å². The topological polar surface area (TPSA) is 23.5 Å². The van der Waals surface area contributed by atoms with Crippen LogP contribution in [0.1, 0.15) is 63.9 Å². The van der Waals surface area contributed by atoms with E-state index in [1.807, 2.05) is 12.1 Å². The average molecular weight is 287 g/mol. The van der Waals surface area contributed by atoms with E-state index in [0.717, 1.165) is 6.04 Å². The van der Waals surface area contributed by atoms with Gasteiger partial charge in [-0.2, -0.15) is 0 Å². The summed E-state index contributed by atoms with van der Waals surface area (Å²) in [6.07, 6.45) is 10.7. The number of likely N-dealkylation sites (tertiary alicyclic amines) is 1. The summed E-state index contributed by atoms with van der Waals surface area (Å²) in [5.41, 5.74) is 1.68. The molecule has 3 rings (SSSR count). The first-order chi connectivity index (χ1) is 10.2. The van der Waals surface area contributed by atoms with Crippen LogP contribution in [0.2, 0.25) is 0 Å². The third kappa shape index (κ3) is 3.11. The van der Waals surface area contributed by atoms with E-state index in [1.54, 1.807) is 6.07 Å². The third-order valence-electron chi connectivity index (χ3n) is 5.60. The van der Waals surface area contributed by atoms with Gasteiger partial charge in [0.15, 0.2) is 0 Å². The van der Waals surface area contributed by atoms with Crippen molar-refractivity contribution in [1.82, 2.24) is 4.90 Å². The van der Waals surface area contributed by atoms with Crippen molar-refractivity contribution < 1.29 is 5.11 Å². The van der Waals surface area contributed by atoms with Crippen molar-refractivity contribution in [2.24, 2.45) is 0 Å². The second-order valence-corrected chi connectivity index (χ2v) is 7.11. The van der Waals surface area contributed by atoms with Crippen molar-refractivity contribution in [3.63, 3.8) is 0 Å². The lowest BCUT2D eigenvalue weighted by Gasteiger charge is -2.32. The van der Waals surface area contributed by atoms with Gasteiger partial charge in [0.2, 0.25) is 0 Å². The van der Waals surface area contributed by atoms with Gasteiger partial charge in [-0.3, -0.25) is 4.90 Å². The molecule has 2 bridgehead atoms. The lowest BCUT2D eigenvalue weighted by atomic mass is 9.71. The molecule has 1 aromatic carbocycles. The molecule has 2 unspecified atom stereocenters. The van der Waals surface area contributed by atoms with E-state index in [-0.39, 0.29) is 0 Å². The normalized spacial score (nSPS) is 28.9. The molecule has 1 saturated carbocycles. The molecule has 0 radical (unpaired) electrons. The molecule has 1 N–H and O–H groups in total. The van der Waals surface area contributed by atoms with Crippen LogP contribution >= 0.6 is 0 Å². The van der Waals surface area contributed by atoms with Gasteiger partial charge in [-0.25, -0.2) is 0 Å². The average Bonchev–Trinajstić information content (AvgIpc) is 2.75. The number of phenolic OH excluding ortho intramolecular Hbond substituents is 1. The van der Waals surface area contributed by atoms with Crippen LogP contribution in [0.3, 0.4) is 0 Å². The van der Waals surface area contributed by atoms with Gasteiger partial charge in [0.1, 0.15) is 5.75 Å². The molecule has 2 atom stereocenters. The molecule has 1 aliphatic heterocycles. The zero-order valence-electron chi connectivity index (χ0n) is 13.4. The SMILES string of the molecule is CCCCCCN1CC2(c3cccc(O)c3)CCCC1C2. The zero-order valence-corrected chi connectivity index (χ0v) is 13.4. The van der Waals surface area contributed by atoms with E-state index in [2.05, 4.69) is 17.9 Å². The van der Waals surface area contributed by atoms with Gasteiger partial charge in [0, 0.05) is 18.0 Å². The monoisotopic (exact) mass is 287 g/mol. The zero-order chi connectivity index (χ0) is 14.7. The molecular weight excluding hydrogens is 258 g/mol. The quantitative estimate of drug-likeness (QED) is 0.780. The number of rotatable bonds is 6. The number of nitrogens with zero attached hydrogens (tertiary/aromatic N) is 1. The largest absolute Gasteiger partial charge is 0.508 e. The molecule has 2 heteroatoms. The van der Waals surface area contributed by atoms with E-state index in [4.69, 9.17) is 0 Å². The minimum Gasteiger partial charge on any atom is -0.508 e. The number of benzene rings is 1. The van der Waals surface area contributed by atoms with Crippen LogP contribution in [-0.2, 0) is 5.41 Å². The highest BCUT2D eigenvalue weighted by atomic mass is 16.3. The standard InChI is InChI=1S/C19H29NO/c1-2-3-4-5-12-20-15-19(11-7-9-17(20)14-19)16-8-6-10-18(21)13-16/h6,8,10,13,17,21H,2-5,7,9,11-12,14-15H2,1H3. The molecule has 1 aromatic rings. The van der Waals surface area contributed by atoms with Crippen LogP contribution in [0.25, 0.3) is 0 Å². The highest BCUT2D eigenvalue weighted by Crippen LogP contribution is 2.47. The molecule has 0 aromatic heterocycles. The van der Waals surface area contributed by atoms with Crippen LogP contribution < -0.4 is 0 Å². The maximum Gasteiger partial charge on any atom is 0.115 e. The first kappa shape index (κ1) is 14.9. The molecule has 2 nitrogen and oxygen atoms in total. The van der Waals surface area contributed by atoms with Gasteiger partial charge in [-0.15, -0.1) is 0 Å². The molecule has 1 heterocycles. The molecular formula is C19H29NO. The Balaban J connectivity index is 1.69. The van der Waals surface area contributed by atoms with E-state index in [0.29, 0.717) is 11.2 Å². The molecule has 1 saturated heterocycles. The number of unbranched alkanes of at least 4 members (excludes halogenated alkanes) is 3. The first-order valence-corrected chi connectivity index (χ1v) is 8.77. The third-order valence-corrected chi connectivity index (χ3v) is 5.60. The van der Waals surface area contributed by atoms with Crippen LogP contribution in [0.15, 0.2) is 24.3 Å². The van der Waals surface area contributed by atoms with E-state index in [1.165, 1.54) is 70.0 Å². The fraction of sp³-hybridized carbons (Fsp3) is 0.684. The Hall–Kier alpha value is -1.02. The van der Waals surface area contributed by atoms with Gasteiger partial charge in [0.25, 0.3) is 0 Å². The van der Waals surface area contributed by atoms with E-state index >= 15 is 0 Å². The molecule has 21 heavy (non-hydrogen) atoms. The number of aromatic hydroxyl groups is 1. The summed E-state index contributed by atoms with van der Waals surface area (Å²) in [6.45, 7) is 4.75. The lowest BCUT2D eigenvalue weighted by Crippen LogP contribution is -2.31. The Kier molecular flexibility index (Phi) is 4.54. The summed E-state index contributed by atoms with van der Waals surface area (Å²) < 4.78 is 0. The lowest BCUT2D eigenvalue weighted by molar-refractivity contribution is 0.239. The summed E-state index contributed by atoms with van der Waals surface area (Å²) in [4.78, 5) is 2.74. The van der Waals surface area contributed by atoms with Crippen LogP contribution in [-0.4, -0.2) is 29.1 Å². The van der Waals surface area contributed by atoms with Crippen molar-refractivity contribution >= 4 is 0 Å². The Bertz CT molecular complexity index is 472. The molecule has 2 aliphatic rings. The first-order valence-electron chi connectivity index (χ1n) is 8.77. The molecule has 116 valence electrons. The van der Waals surface area contributed by atoms with E-state index in [9.17, 15) is 5.11 Å². The fourth-order valence-electron chi connectivity index (χ4n) is 4.50. The van der Waals surface area contributed by atoms with Gasteiger partial charge < -0.3 is 5.11 Å². The van der Waals surface area contributed by atoms with Gasteiger partial charge in [-0.05, 0) is 49.9 Å². The summed E-state index contributed by atoms with van der Waals surface area (Å²) in [5.74, 6) is 0.422. The number of hydrogen-bond acceptors (Lipinski definition) is 2. The summed E-state index contributed by atoms with van der Waals surface area (Å²) in [7, 11) is 0. The summed E-state index contributed by atoms with van der Waals surface area (Å²) in [6, 6.07) is 8.80. The molecule has 1 aliphatic carbocycles. The summed E-state index contributed by atoms with van der Waals surface area (Å²) >= 11 is 0.